The number of para-hydroxylation sites is 4. The van der Waals surface area contributed by atoms with E-state index in [0.29, 0.717) is 34.9 Å². The molecule has 22 rings (SSSR count). The summed E-state index contributed by atoms with van der Waals surface area (Å²) >= 11 is 0. The van der Waals surface area contributed by atoms with Gasteiger partial charge in [-0.2, -0.15) is 0 Å². The molecule has 22 aromatic rings. The summed E-state index contributed by atoms with van der Waals surface area (Å²) in [4.78, 5) is 30.8. The van der Waals surface area contributed by atoms with Gasteiger partial charge in [-0.25, -0.2) is 29.9 Å². The molecule has 0 N–H and O–H groups in total. The first-order valence-corrected chi connectivity index (χ1v) is 37.6. The lowest BCUT2D eigenvalue weighted by Crippen LogP contribution is -2.01. The fraction of sp³-hybridized carbons (Fsp3) is 0. The molecule has 16 aromatic carbocycles. The minimum Gasteiger partial charge on any atom is -0.454 e. The van der Waals surface area contributed by atoms with E-state index < -0.39 is 0 Å². The van der Waals surface area contributed by atoms with Crippen LogP contribution < -0.4 is 0 Å². The molecular formula is C102H64N8O2. The van der Waals surface area contributed by atoms with E-state index in [-0.39, 0.29) is 0 Å². The average molecular weight is 1430 g/mol. The Bertz CT molecular complexity index is 7220. The fourth-order valence-corrected chi connectivity index (χ4v) is 16.1. The highest BCUT2D eigenvalue weighted by molar-refractivity contribution is 6.25. The predicted molar refractivity (Wildman–Crippen MR) is 457 cm³/mol. The van der Waals surface area contributed by atoms with Gasteiger partial charge in [0, 0.05) is 87.8 Å². The third kappa shape index (κ3) is 11.4. The summed E-state index contributed by atoms with van der Waals surface area (Å²) in [6.45, 7) is 0. The van der Waals surface area contributed by atoms with Crippen molar-refractivity contribution < 1.29 is 8.83 Å². The standard InChI is InChI=1S/2C51H32N4O/c1-5-16-33(17-6-1)36-28-29-38(43(32-36)51-53-49(34-18-7-2-8-19-34)52-50(54-51)35-20-9-3-10-21-35)40-25-15-27-45-46(40)42-31-30-41-39-24-13-14-26-44(39)55(47(41)48(42)56-45)37-22-11-4-12-23-37;1-5-15-33(16-6-1)36-25-27-39(44(31-36)51-53-49(34-17-7-2-8-18-34)52-50(54-51)35-19-9-3-10-20-35)37-26-30-46-43(32-37)42-29-28-41-40-23-13-14-24-45(40)55(47(41)48(42)56-46)38-21-11-4-12-22-38/h2*1-32H. The summed E-state index contributed by atoms with van der Waals surface area (Å²) in [5, 5.41) is 8.90. The van der Waals surface area contributed by atoms with E-state index in [0.717, 1.165) is 166 Å². The van der Waals surface area contributed by atoms with Crippen molar-refractivity contribution in [3.8, 4) is 124 Å². The second-order valence-electron chi connectivity index (χ2n) is 28.0. The number of fused-ring (bicyclic) bond motifs is 14. The summed E-state index contributed by atoms with van der Waals surface area (Å²) in [6, 6.07) is 135. The highest BCUT2D eigenvalue weighted by Crippen LogP contribution is 2.48. The zero-order valence-electron chi connectivity index (χ0n) is 60.3. The van der Waals surface area contributed by atoms with Crippen LogP contribution in [-0.2, 0) is 0 Å². The number of rotatable bonds is 12. The first kappa shape index (κ1) is 65.1. The Morgan fingerprint density at radius 1 is 0.188 bits per heavy atom. The van der Waals surface area contributed by atoms with Crippen molar-refractivity contribution in [2.75, 3.05) is 0 Å². The van der Waals surface area contributed by atoms with Crippen molar-refractivity contribution in [2.24, 2.45) is 0 Å². The van der Waals surface area contributed by atoms with Gasteiger partial charge in [0.2, 0.25) is 0 Å². The van der Waals surface area contributed by atoms with Crippen molar-refractivity contribution >= 4 is 87.5 Å². The maximum absolute atomic E-state index is 6.95. The van der Waals surface area contributed by atoms with Crippen LogP contribution in [0.2, 0.25) is 0 Å². The van der Waals surface area contributed by atoms with Crippen molar-refractivity contribution in [3.05, 3.63) is 388 Å². The van der Waals surface area contributed by atoms with Gasteiger partial charge in [0.1, 0.15) is 11.2 Å². The highest BCUT2D eigenvalue weighted by Gasteiger charge is 2.26. The van der Waals surface area contributed by atoms with E-state index in [9.17, 15) is 0 Å². The number of nitrogens with zero attached hydrogens (tertiary/aromatic N) is 8. The Balaban J connectivity index is 0.000000141. The van der Waals surface area contributed by atoms with Crippen LogP contribution in [0.5, 0.6) is 0 Å². The van der Waals surface area contributed by atoms with Crippen molar-refractivity contribution in [1.29, 1.82) is 0 Å². The number of benzene rings is 16. The molecule has 0 fully saturated rings. The van der Waals surface area contributed by atoms with Gasteiger partial charge in [-0.15, -0.1) is 0 Å². The molecule has 112 heavy (non-hydrogen) atoms. The first-order chi connectivity index (χ1) is 55.5. The second-order valence-corrected chi connectivity index (χ2v) is 28.0. The minimum absolute atomic E-state index is 0.599. The fourth-order valence-electron chi connectivity index (χ4n) is 16.1. The molecule has 0 saturated carbocycles. The summed E-state index contributed by atoms with van der Waals surface area (Å²) in [7, 11) is 0. The molecule has 0 atom stereocenters. The van der Waals surface area contributed by atoms with Gasteiger partial charge in [0.05, 0.1) is 22.1 Å². The summed E-state index contributed by atoms with van der Waals surface area (Å²) in [5.74, 6) is 3.69. The number of hydrogen-bond acceptors (Lipinski definition) is 8. The minimum atomic E-state index is 0.599. The Morgan fingerprint density at radius 2 is 0.545 bits per heavy atom. The van der Waals surface area contributed by atoms with E-state index in [1.165, 1.54) is 10.8 Å². The van der Waals surface area contributed by atoms with Crippen LogP contribution in [0.1, 0.15) is 0 Å². The van der Waals surface area contributed by atoms with E-state index in [2.05, 4.69) is 264 Å². The maximum atomic E-state index is 6.95. The molecule has 0 aliphatic carbocycles. The molecule has 10 heteroatoms. The van der Waals surface area contributed by atoms with Gasteiger partial charge in [-0.3, -0.25) is 0 Å². The summed E-state index contributed by atoms with van der Waals surface area (Å²) in [6.07, 6.45) is 0. The van der Waals surface area contributed by atoms with Crippen LogP contribution in [0, 0.1) is 0 Å². The van der Waals surface area contributed by atoms with Crippen molar-refractivity contribution in [3.63, 3.8) is 0 Å². The van der Waals surface area contributed by atoms with Gasteiger partial charge in [-0.05, 0) is 123 Å². The molecule has 0 radical (unpaired) electrons. The topological polar surface area (TPSA) is 113 Å². The van der Waals surface area contributed by atoms with Crippen LogP contribution >= 0.6 is 0 Å². The molecule has 0 amide bonds. The smallest absolute Gasteiger partial charge is 0.164 e. The Hall–Kier alpha value is -15.3. The Kier molecular flexibility index (Phi) is 16.0. The van der Waals surface area contributed by atoms with Gasteiger partial charge < -0.3 is 18.0 Å². The first-order valence-electron chi connectivity index (χ1n) is 37.6. The zero-order valence-corrected chi connectivity index (χ0v) is 60.3. The molecule has 524 valence electrons. The van der Waals surface area contributed by atoms with Crippen LogP contribution in [0.25, 0.3) is 212 Å². The molecule has 0 bridgehead atoms. The zero-order chi connectivity index (χ0) is 74.0. The monoisotopic (exact) mass is 1430 g/mol. The number of aromatic nitrogens is 8. The van der Waals surface area contributed by atoms with Crippen LogP contribution in [0.3, 0.4) is 0 Å². The lowest BCUT2D eigenvalue weighted by molar-refractivity contribution is 0.671. The highest BCUT2D eigenvalue weighted by atomic mass is 16.3. The molecule has 0 unspecified atom stereocenters. The van der Waals surface area contributed by atoms with Crippen molar-refractivity contribution in [1.82, 2.24) is 39.0 Å². The van der Waals surface area contributed by atoms with Crippen LogP contribution in [0.15, 0.2) is 397 Å². The lowest BCUT2D eigenvalue weighted by atomic mass is 9.92. The number of furan rings is 2. The van der Waals surface area contributed by atoms with E-state index in [4.69, 9.17) is 38.7 Å². The molecule has 0 saturated heterocycles. The Morgan fingerprint density at radius 3 is 1.01 bits per heavy atom. The molecule has 10 nitrogen and oxygen atoms in total. The quantitative estimate of drug-likeness (QED) is 0.119. The van der Waals surface area contributed by atoms with Crippen molar-refractivity contribution in [2.45, 2.75) is 0 Å². The second kappa shape index (κ2) is 27.5. The van der Waals surface area contributed by atoms with Gasteiger partial charge >= 0.3 is 0 Å². The Labute approximate surface area is 643 Å². The molecule has 6 aromatic heterocycles. The molecule has 6 heterocycles. The third-order valence-electron chi connectivity index (χ3n) is 21.3. The summed E-state index contributed by atoms with van der Waals surface area (Å²) < 4.78 is 18.4. The van der Waals surface area contributed by atoms with Gasteiger partial charge in [0.25, 0.3) is 0 Å². The van der Waals surface area contributed by atoms with Gasteiger partial charge in [0.15, 0.2) is 46.1 Å². The molecule has 0 aliphatic heterocycles. The average Bonchev–Trinajstić information content (AvgIpc) is 1.56. The predicted octanol–water partition coefficient (Wildman–Crippen LogP) is 26.4. The molecular weight excluding hydrogens is 1370 g/mol. The third-order valence-corrected chi connectivity index (χ3v) is 21.3. The van der Waals surface area contributed by atoms with Crippen LogP contribution in [0.4, 0.5) is 0 Å². The SMILES string of the molecule is c1ccc(-c2ccc(-c3ccc4oc5c(ccc6c7ccccc7n(-c7ccccc7)c65)c4c3)c(-c3nc(-c4ccccc4)nc(-c4ccccc4)n3)c2)cc1.c1ccc(-c2ccc(-c3cccc4oc5c(ccc6c7ccccc7n(-c7ccccc7)c65)c34)c(-c3nc(-c4ccccc4)nc(-c4ccccc4)n3)c2)cc1. The van der Waals surface area contributed by atoms with E-state index >= 15 is 0 Å². The van der Waals surface area contributed by atoms with Gasteiger partial charge in [-0.1, -0.05) is 309 Å². The normalized spacial score (nSPS) is 11.6. The summed E-state index contributed by atoms with van der Waals surface area (Å²) in [5.41, 5.74) is 24.0. The number of hydrogen-bond donors (Lipinski definition) is 0. The molecule has 0 spiro atoms. The largest absolute Gasteiger partial charge is 0.454 e. The van der Waals surface area contributed by atoms with E-state index in [1.54, 1.807) is 0 Å². The molecule has 0 aliphatic rings. The van der Waals surface area contributed by atoms with E-state index in [1.807, 2.05) is 133 Å². The maximum Gasteiger partial charge on any atom is 0.164 e. The van der Waals surface area contributed by atoms with Crippen LogP contribution in [-0.4, -0.2) is 39.0 Å². The lowest BCUT2D eigenvalue weighted by Gasteiger charge is -2.15.